The van der Waals surface area contributed by atoms with Gasteiger partial charge in [0.05, 0.1) is 24.7 Å². The topological polar surface area (TPSA) is 106 Å². The predicted octanol–water partition coefficient (Wildman–Crippen LogP) is 1.91. The van der Waals surface area contributed by atoms with Crippen LogP contribution >= 0.6 is 0 Å². The number of aromatic nitrogens is 3. The Kier molecular flexibility index (Phi) is 6.12. The van der Waals surface area contributed by atoms with Crippen molar-refractivity contribution in [1.82, 2.24) is 19.1 Å². The zero-order valence-electron chi connectivity index (χ0n) is 17.1. The molecule has 0 bridgehead atoms. The third-order valence-corrected chi connectivity index (χ3v) is 6.91. The van der Waals surface area contributed by atoms with E-state index in [9.17, 15) is 13.2 Å². The molecule has 1 amide bonds. The number of nitrogens with one attached hydrogen (secondary N) is 1. The number of morpholine rings is 1. The van der Waals surface area contributed by atoms with Crippen LogP contribution in [0.2, 0.25) is 0 Å². The number of carbonyl (C=O) groups excluding carboxylic acids is 1. The highest BCUT2D eigenvalue weighted by Crippen LogP contribution is 2.21. The fourth-order valence-electron chi connectivity index (χ4n) is 3.31. The van der Waals surface area contributed by atoms with Crippen molar-refractivity contribution < 1.29 is 17.9 Å². The average molecular weight is 442 g/mol. The Hall–Kier alpha value is -3.08. The van der Waals surface area contributed by atoms with Crippen LogP contribution < -0.4 is 5.32 Å². The zero-order valence-corrected chi connectivity index (χ0v) is 17.9. The third kappa shape index (κ3) is 4.82. The van der Waals surface area contributed by atoms with Crippen LogP contribution in [0.1, 0.15) is 21.5 Å². The Labute approximate surface area is 180 Å². The first-order valence-electron chi connectivity index (χ1n) is 9.87. The standard InChI is InChI=1S/C21H23N5O4S/c1-16-7-8-18(31(28,29)26-9-11-30-12-10-26)13-19(16)20(27)23-21-22-15-25(24-21)14-17-5-3-2-4-6-17/h2-8,13,15H,9-12,14H2,1H3,(H,23,24,27). The fraction of sp³-hybridized carbons (Fsp3) is 0.286. The predicted molar refractivity (Wildman–Crippen MR) is 114 cm³/mol. The molecule has 1 N–H and O–H groups in total. The van der Waals surface area contributed by atoms with Crippen LogP contribution in [0.4, 0.5) is 5.95 Å². The van der Waals surface area contributed by atoms with Gasteiger partial charge in [0.2, 0.25) is 16.0 Å². The molecular formula is C21H23N5O4S. The van der Waals surface area contributed by atoms with Crippen molar-refractivity contribution in [2.45, 2.75) is 18.4 Å². The number of amides is 1. The number of hydrogen-bond donors (Lipinski definition) is 1. The number of carbonyl (C=O) groups is 1. The van der Waals surface area contributed by atoms with E-state index in [1.807, 2.05) is 30.3 Å². The summed E-state index contributed by atoms with van der Waals surface area (Å²) in [6, 6.07) is 14.3. The number of ether oxygens (including phenoxy) is 1. The summed E-state index contributed by atoms with van der Waals surface area (Å²) in [7, 11) is -3.70. The van der Waals surface area contributed by atoms with Gasteiger partial charge < -0.3 is 4.74 Å². The minimum absolute atomic E-state index is 0.0766. The zero-order chi connectivity index (χ0) is 21.8. The van der Waals surface area contributed by atoms with E-state index in [0.29, 0.717) is 38.4 Å². The molecule has 1 aromatic heterocycles. The molecule has 0 spiro atoms. The van der Waals surface area contributed by atoms with E-state index in [2.05, 4.69) is 15.4 Å². The molecule has 3 aromatic rings. The number of hydrogen-bond acceptors (Lipinski definition) is 6. The highest BCUT2D eigenvalue weighted by atomic mass is 32.2. The Bertz CT molecular complexity index is 1170. The second kappa shape index (κ2) is 8.96. The fourth-order valence-corrected chi connectivity index (χ4v) is 4.74. The van der Waals surface area contributed by atoms with Gasteiger partial charge in [-0.1, -0.05) is 36.4 Å². The van der Waals surface area contributed by atoms with Gasteiger partial charge in [-0.25, -0.2) is 18.1 Å². The molecule has 1 fully saturated rings. The largest absolute Gasteiger partial charge is 0.379 e. The summed E-state index contributed by atoms with van der Waals surface area (Å²) >= 11 is 0. The number of nitrogens with zero attached hydrogens (tertiary/aromatic N) is 4. The van der Waals surface area contributed by atoms with Gasteiger partial charge in [-0.15, -0.1) is 5.10 Å². The van der Waals surface area contributed by atoms with Gasteiger partial charge in [0, 0.05) is 18.7 Å². The summed E-state index contributed by atoms with van der Waals surface area (Å²) in [5.41, 5.74) is 1.97. The van der Waals surface area contributed by atoms with Crippen LogP contribution in [-0.4, -0.2) is 59.7 Å². The van der Waals surface area contributed by atoms with E-state index in [0.717, 1.165) is 5.56 Å². The Morgan fingerprint density at radius 2 is 1.87 bits per heavy atom. The number of benzene rings is 2. The van der Waals surface area contributed by atoms with Crippen molar-refractivity contribution in [1.29, 1.82) is 0 Å². The molecule has 0 aliphatic carbocycles. The molecule has 2 aromatic carbocycles. The second-order valence-electron chi connectivity index (χ2n) is 7.20. The lowest BCUT2D eigenvalue weighted by Crippen LogP contribution is -2.40. The molecule has 31 heavy (non-hydrogen) atoms. The highest BCUT2D eigenvalue weighted by Gasteiger charge is 2.27. The monoisotopic (exact) mass is 441 g/mol. The molecule has 10 heteroatoms. The molecule has 2 heterocycles. The minimum Gasteiger partial charge on any atom is -0.379 e. The lowest BCUT2D eigenvalue weighted by atomic mass is 10.1. The summed E-state index contributed by atoms with van der Waals surface area (Å²) in [5, 5.41) is 6.93. The molecule has 4 rings (SSSR count). The minimum atomic E-state index is -3.70. The Balaban J connectivity index is 1.50. The molecule has 0 atom stereocenters. The maximum absolute atomic E-state index is 12.9. The van der Waals surface area contributed by atoms with Gasteiger partial charge in [0.25, 0.3) is 5.91 Å². The summed E-state index contributed by atoms with van der Waals surface area (Å²) < 4.78 is 34.1. The Morgan fingerprint density at radius 1 is 1.13 bits per heavy atom. The van der Waals surface area contributed by atoms with Gasteiger partial charge >= 0.3 is 0 Å². The van der Waals surface area contributed by atoms with Crippen molar-refractivity contribution in [3.63, 3.8) is 0 Å². The maximum atomic E-state index is 12.9. The van der Waals surface area contributed by atoms with Crippen molar-refractivity contribution in [3.05, 3.63) is 71.5 Å². The number of anilines is 1. The van der Waals surface area contributed by atoms with Crippen molar-refractivity contribution in [2.24, 2.45) is 0 Å². The summed E-state index contributed by atoms with van der Waals surface area (Å²) in [4.78, 5) is 17.0. The van der Waals surface area contributed by atoms with E-state index < -0.39 is 15.9 Å². The molecule has 1 aliphatic heterocycles. The molecule has 0 unspecified atom stereocenters. The SMILES string of the molecule is Cc1ccc(S(=O)(=O)N2CCOCC2)cc1C(=O)Nc1ncn(Cc2ccccc2)n1. The van der Waals surface area contributed by atoms with Crippen LogP contribution in [0.15, 0.2) is 59.8 Å². The summed E-state index contributed by atoms with van der Waals surface area (Å²) in [5.74, 6) is -0.309. The van der Waals surface area contributed by atoms with E-state index in [-0.39, 0.29) is 16.4 Å². The van der Waals surface area contributed by atoms with E-state index in [4.69, 9.17) is 4.74 Å². The average Bonchev–Trinajstić information content (AvgIpc) is 3.21. The smallest absolute Gasteiger partial charge is 0.258 e. The van der Waals surface area contributed by atoms with E-state index >= 15 is 0 Å². The molecule has 1 aliphatic rings. The van der Waals surface area contributed by atoms with Gasteiger partial charge in [-0.3, -0.25) is 10.1 Å². The highest BCUT2D eigenvalue weighted by molar-refractivity contribution is 7.89. The molecule has 9 nitrogen and oxygen atoms in total. The van der Waals surface area contributed by atoms with Gasteiger partial charge in [-0.05, 0) is 30.2 Å². The lowest BCUT2D eigenvalue weighted by molar-refractivity contribution is 0.0730. The van der Waals surface area contributed by atoms with Gasteiger partial charge in [0.15, 0.2) is 0 Å². The lowest BCUT2D eigenvalue weighted by Gasteiger charge is -2.26. The van der Waals surface area contributed by atoms with Crippen LogP contribution in [-0.2, 0) is 21.3 Å². The van der Waals surface area contributed by atoms with Crippen LogP contribution in [0.5, 0.6) is 0 Å². The number of aryl methyl sites for hydroxylation is 1. The van der Waals surface area contributed by atoms with Crippen LogP contribution in [0.3, 0.4) is 0 Å². The van der Waals surface area contributed by atoms with E-state index in [1.54, 1.807) is 17.7 Å². The molecule has 0 radical (unpaired) electrons. The molecule has 162 valence electrons. The maximum Gasteiger partial charge on any atom is 0.258 e. The van der Waals surface area contributed by atoms with Gasteiger partial charge in [0.1, 0.15) is 6.33 Å². The molecular weight excluding hydrogens is 418 g/mol. The van der Waals surface area contributed by atoms with Gasteiger partial charge in [-0.2, -0.15) is 4.31 Å². The van der Waals surface area contributed by atoms with Crippen LogP contribution in [0, 0.1) is 6.92 Å². The molecule has 1 saturated heterocycles. The van der Waals surface area contributed by atoms with Crippen molar-refractivity contribution in [3.8, 4) is 0 Å². The third-order valence-electron chi connectivity index (χ3n) is 5.01. The first-order valence-corrected chi connectivity index (χ1v) is 11.3. The summed E-state index contributed by atoms with van der Waals surface area (Å²) in [6.45, 7) is 3.57. The number of rotatable bonds is 6. The Morgan fingerprint density at radius 3 is 2.61 bits per heavy atom. The molecule has 0 saturated carbocycles. The second-order valence-corrected chi connectivity index (χ2v) is 9.14. The van der Waals surface area contributed by atoms with Crippen molar-refractivity contribution in [2.75, 3.05) is 31.6 Å². The quantitative estimate of drug-likeness (QED) is 0.626. The first kappa shape index (κ1) is 21.2. The summed E-state index contributed by atoms with van der Waals surface area (Å²) in [6.07, 6.45) is 1.54. The first-order chi connectivity index (χ1) is 14.9. The van der Waals surface area contributed by atoms with E-state index in [1.165, 1.54) is 22.8 Å². The number of sulfonamides is 1. The normalized spacial score (nSPS) is 15.0. The van der Waals surface area contributed by atoms with Crippen LogP contribution in [0.25, 0.3) is 0 Å². The van der Waals surface area contributed by atoms with Crippen molar-refractivity contribution >= 4 is 21.9 Å².